The summed E-state index contributed by atoms with van der Waals surface area (Å²) in [6, 6.07) is -0.00940. The largest absolute Gasteiger partial charge is 0.444 e. The summed E-state index contributed by atoms with van der Waals surface area (Å²) in [6.45, 7) is 10.1. The van der Waals surface area contributed by atoms with Gasteiger partial charge >= 0.3 is 6.09 Å². The Kier molecular flexibility index (Phi) is 3.56. The maximum Gasteiger partial charge on any atom is 0.408 e. The molecule has 0 aromatic carbocycles. The van der Waals surface area contributed by atoms with Crippen LogP contribution in [0.15, 0.2) is 0 Å². The fourth-order valence-corrected chi connectivity index (χ4v) is 2.81. The third-order valence-corrected chi connectivity index (χ3v) is 3.79. The molecule has 5 heteroatoms. The van der Waals surface area contributed by atoms with Gasteiger partial charge in [0.15, 0.2) is 0 Å². The van der Waals surface area contributed by atoms with Crippen molar-refractivity contribution >= 4 is 6.09 Å². The van der Waals surface area contributed by atoms with Crippen molar-refractivity contribution in [2.45, 2.75) is 51.4 Å². The Bertz CT molecular complexity index is 323. The summed E-state index contributed by atoms with van der Waals surface area (Å²) in [5.74, 6) is 0.451. The van der Waals surface area contributed by atoms with E-state index in [9.17, 15) is 4.79 Å². The minimum absolute atomic E-state index is 0.00940. The highest BCUT2D eigenvalue weighted by atomic mass is 16.6. The molecule has 0 radical (unpaired) electrons. The highest BCUT2D eigenvalue weighted by Gasteiger charge is 2.51. The lowest BCUT2D eigenvalue weighted by molar-refractivity contribution is -0.0247. The molecule has 2 N–H and O–H groups in total. The molecule has 3 atom stereocenters. The van der Waals surface area contributed by atoms with Crippen LogP contribution in [0.1, 0.15) is 34.1 Å². The van der Waals surface area contributed by atoms with Crippen LogP contribution in [0.25, 0.3) is 0 Å². The number of carbonyl (C=O) groups excluding carboxylic acids is 1. The van der Waals surface area contributed by atoms with Gasteiger partial charge in [-0.05, 0) is 33.1 Å². The zero-order valence-corrected chi connectivity index (χ0v) is 11.7. The molecule has 2 rings (SSSR count). The zero-order chi connectivity index (χ0) is 13.4. The second-order valence-electron chi connectivity index (χ2n) is 6.32. The van der Waals surface area contributed by atoms with Gasteiger partial charge in [-0.3, -0.25) is 0 Å². The van der Waals surface area contributed by atoms with Crippen LogP contribution >= 0.6 is 0 Å². The first-order chi connectivity index (χ1) is 8.33. The minimum atomic E-state index is -0.467. The molecular formula is C13H24N2O3. The first-order valence-corrected chi connectivity index (χ1v) is 6.68. The molecule has 104 valence electrons. The molecule has 1 spiro atoms. The first kappa shape index (κ1) is 13.6. The van der Waals surface area contributed by atoms with Gasteiger partial charge in [0.25, 0.3) is 0 Å². The SMILES string of the molecule is CC1CCOC12CNCC2NC(=O)OC(C)(C)C. The molecule has 0 aliphatic carbocycles. The van der Waals surface area contributed by atoms with Crippen molar-refractivity contribution in [1.29, 1.82) is 0 Å². The summed E-state index contributed by atoms with van der Waals surface area (Å²) in [5, 5.41) is 6.26. The average Bonchev–Trinajstić information content (AvgIpc) is 2.75. The Hall–Kier alpha value is -0.810. The number of ether oxygens (including phenoxy) is 2. The molecule has 2 aliphatic heterocycles. The summed E-state index contributed by atoms with van der Waals surface area (Å²) in [4.78, 5) is 11.8. The molecule has 1 amide bonds. The highest BCUT2D eigenvalue weighted by molar-refractivity contribution is 5.68. The van der Waals surface area contributed by atoms with Crippen LogP contribution in [0.5, 0.6) is 0 Å². The molecule has 2 saturated heterocycles. The van der Waals surface area contributed by atoms with E-state index < -0.39 is 5.60 Å². The Morgan fingerprint density at radius 3 is 2.78 bits per heavy atom. The van der Waals surface area contributed by atoms with Gasteiger partial charge < -0.3 is 20.1 Å². The van der Waals surface area contributed by atoms with Gasteiger partial charge in [0.2, 0.25) is 0 Å². The second-order valence-corrected chi connectivity index (χ2v) is 6.32. The number of alkyl carbamates (subject to hydrolysis) is 1. The first-order valence-electron chi connectivity index (χ1n) is 6.68. The van der Waals surface area contributed by atoms with E-state index in [-0.39, 0.29) is 17.7 Å². The zero-order valence-electron chi connectivity index (χ0n) is 11.7. The van der Waals surface area contributed by atoms with E-state index in [0.717, 1.165) is 26.1 Å². The van der Waals surface area contributed by atoms with Crippen molar-refractivity contribution in [3.8, 4) is 0 Å². The maximum atomic E-state index is 11.8. The Labute approximate surface area is 109 Å². The number of amides is 1. The van der Waals surface area contributed by atoms with Crippen LogP contribution < -0.4 is 10.6 Å². The lowest BCUT2D eigenvalue weighted by Gasteiger charge is -2.34. The van der Waals surface area contributed by atoms with E-state index in [4.69, 9.17) is 9.47 Å². The number of nitrogens with one attached hydrogen (secondary N) is 2. The molecule has 5 nitrogen and oxygen atoms in total. The van der Waals surface area contributed by atoms with E-state index in [0.29, 0.717) is 5.92 Å². The maximum absolute atomic E-state index is 11.8. The van der Waals surface area contributed by atoms with Gasteiger partial charge in [-0.15, -0.1) is 0 Å². The van der Waals surface area contributed by atoms with Gasteiger partial charge in [-0.1, -0.05) is 6.92 Å². The van der Waals surface area contributed by atoms with Crippen LogP contribution in [-0.2, 0) is 9.47 Å². The summed E-state index contributed by atoms with van der Waals surface area (Å²) in [5.41, 5.74) is -0.720. The van der Waals surface area contributed by atoms with Crippen molar-refractivity contribution in [3.05, 3.63) is 0 Å². The molecule has 0 aromatic rings. The number of carbonyl (C=O) groups is 1. The van der Waals surface area contributed by atoms with Gasteiger partial charge in [-0.25, -0.2) is 4.79 Å². The fourth-order valence-electron chi connectivity index (χ4n) is 2.81. The van der Waals surface area contributed by atoms with Crippen molar-refractivity contribution in [2.75, 3.05) is 19.7 Å². The van der Waals surface area contributed by atoms with Gasteiger partial charge in [0.1, 0.15) is 11.2 Å². The normalized spacial score (nSPS) is 36.0. The van der Waals surface area contributed by atoms with Crippen molar-refractivity contribution in [2.24, 2.45) is 5.92 Å². The van der Waals surface area contributed by atoms with Crippen LogP contribution in [-0.4, -0.2) is 43.0 Å². The molecule has 0 saturated carbocycles. The van der Waals surface area contributed by atoms with Crippen molar-refractivity contribution < 1.29 is 14.3 Å². The average molecular weight is 256 g/mol. The van der Waals surface area contributed by atoms with E-state index >= 15 is 0 Å². The van der Waals surface area contributed by atoms with Crippen LogP contribution in [0, 0.1) is 5.92 Å². The molecule has 2 fully saturated rings. The third kappa shape index (κ3) is 2.62. The Morgan fingerprint density at radius 1 is 1.50 bits per heavy atom. The Balaban J connectivity index is 1.98. The molecule has 2 heterocycles. The highest BCUT2D eigenvalue weighted by Crippen LogP contribution is 2.36. The molecule has 0 bridgehead atoms. The molecule has 3 unspecified atom stereocenters. The summed E-state index contributed by atoms with van der Waals surface area (Å²) in [6.07, 6.45) is 0.687. The van der Waals surface area contributed by atoms with E-state index in [1.54, 1.807) is 0 Å². The van der Waals surface area contributed by atoms with E-state index in [2.05, 4.69) is 17.6 Å². The number of hydrogen-bond acceptors (Lipinski definition) is 4. The van der Waals surface area contributed by atoms with Crippen LogP contribution in [0.2, 0.25) is 0 Å². The summed E-state index contributed by atoms with van der Waals surface area (Å²) in [7, 11) is 0. The lowest BCUT2D eigenvalue weighted by Crippen LogP contribution is -2.55. The molecule has 0 aromatic heterocycles. The fraction of sp³-hybridized carbons (Fsp3) is 0.923. The van der Waals surface area contributed by atoms with Crippen LogP contribution in [0.4, 0.5) is 4.79 Å². The van der Waals surface area contributed by atoms with E-state index in [1.807, 2.05) is 20.8 Å². The van der Waals surface area contributed by atoms with Gasteiger partial charge in [0, 0.05) is 19.7 Å². The summed E-state index contributed by atoms with van der Waals surface area (Å²) >= 11 is 0. The van der Waals surface area contributed by atoms with Crippen molar-refractivity contribution in [3.63, 3.8) is 0 Å². The predicted molar refractivity (Wildman–Crippen MR) is 68.5 cm³/mol. The van der Waals surface area contributed by atoms with E-state index in [1.165, 1.54) is 0 Å². The summed E-state index contributed by atoms with van der Waals surface area (Å²) < 4.78 is 11.2. The minimum Gasteiger partial charge on any atom is -0.444 e. The van der Waals surface area contributed by atoms with Gasteiger partial charge in [-0.2, -0.15) is 0 Å². The standard InChI is InChI=1S/C13H24N2O3/c1-9-5-6-17-13(9)8-14-7-10(13)15-11(16)18-12(2,3)4/h9-10,14H,5-8H2,1-4H3,(H,15,16). The monoisotopic (exact) mass is 256 g/mol. The quantitative estimate of drug-likeness (QED) is 0.742. The number of rotatable bonds is 1. The van der Waals surface area contributed by atoms with Gasteiger partial charge in [0.05, 0.1) is 6.04 Å². The third-order valence-electron chi connectivity index (χ3n) is 3.79. The lowest BCUT2D eigenvalue weighted by atomic mass is 9.85. The smallest absolute Gasteiger partial charge is 0.408 e. The number of hydrogen-bond donors (Lipinski definition) is 2. The molecular weight excluding hydrogens is 232 g/mol. The second kappa shape index (κ2) is 4.70. The predicted octanol–water partition coefficient (Wildman–Crippen LogP) is 1.28. The molecule has 18 heavy (non-hydrogen) atoms. The van der Waals surface area contributed by atoms with Crippen LogP contribution in [0.3, 0.4) is 0 Å². The Morgan fingerprint density at radius 2 is 2.22 bits per heavy atom. The van der Waals surface area contributed by atoms with Crippen molar-refractivity contribution in [1.82, 2.24) is 10.6 Å². The topological polar surface area (TPSA) is 59.6 Å². The molecule has 2 aliphatic rings.